The van der Waals surface area contributed by atoms with Gasteiger partial charge in [0.15, 0.2) is 12.4 Å². The first-order chi connectivity index (χ1) is 17.2. The fourth-order valence-corrected chi connectivity index (χ4v) is 4.25. The smallest absolute Gasteiger partial charge is 0.339 e. The number of rotatable bonds is 7. The van der Waals surface area contributed by atoms with Crippen LogP contribution in [0.3, 0.4) is 0 Å². The number of benzene rings is 3. The van der Waals surface area contributed by atoms with E-state index in [-0.39, 0.29) is 0 Å². The quantitative estimate of drug-likeness (QED) is 0.267. The van der Waals surface area contributed by atoms with E-state index in [2.05, 4.69) is 10.3 Å². The lowest BCUT2D eigenvalue weighted by atomic mass is 10.1. The predicted molar refractivity (Wildman–Crippen MR) is 137 cm³/mol. The summed E-state index contributed by atoms with van der Waals surface area (Å²) in [6.07, 6.45) is 0. The van der Waals surface area contributed by atoms with Crippen molar-refractivity contribution in [3.8, 4) is 22.1 Å². The predicted octanol–water partition coefficient (Wildman–Crippen LogP) is 6.55. The van der Waals surface area contributed by atoms with Crippen molar-refractivity contribution < 1.29 is 19.1 Å². The summed E-state index contributed by atoms with van der Waals surface area (Å²) in [6.45, 7) is -0.441. The molecular formula is C28H20N2O4S. The van der Waals surface area contributed by atoms with E-state index in [4.69, 9.17) is 9.47 Å². The Labute approximate surface area is 205 Å². The van der Waals surface area contributed by atoms with Gasteiger partial charge in [0, 0.05) is 5.39 Å². The molecule has 5 aromatic rings. The van der Waals surface area contributed by atoms with Gasteiger partial charge in [-0.2, -0.15) is 0 Å². The van der Waals surface area contributed by atoms with Crippen LogP contribution in [0.5, 0.6) is 11.5 Å². The molecule has 6 nitrogen and oxygen atoms in total. The monoisotopic (exact) mass is 480 g/mol. The van der Waals surface area contributed by atoms with Gasteiger partial charge in [-0.3, -0.25) is 4.79 Å². The molecule has 172 valence electrons. The van der Waals surface area contributed by atoms with E-state index in [1.807, 2.05) is 78.2 Å². The van der Waals surface area contributed by atoms with Gasteiger partial charge in [-0.1, -0.05) is 54.6 Å². The van der Waals surface area contributed by atoms with E-state index in [1.54, 1.807) is 24.3 Å². The highest BCUT2D eigenvalue weighted by Crippen LogP contribution is 2.30. The number of ether oxygens (including phenoxy) is 2. The van der Waals surface area contributed by atoms with E-state index in [0.717, 1.165) is 4.88 Å². The minimum atomic E-state index is -0.592. The first-order valence-electron chi connectivity index (χ1n) is 10.9. The van der Waals surface area contributed by atoms with Crippen LogP contribution in [-0.2, 0) is 9.53 Å². The Hall–Kier alpha value is -4.49. The maximum absolute atomic E-state index is 13.0. The number of hydrogen-bond donors (Lipinski definition) is 1. The minimum absolute atomic E-state index is 0.361. The van der Waals surface area contributed by atoms with Gasteiger partial charge in [0.25, 0.3) is 5.91 Å². The Bertz CT molecular complexity index is 1480. The average molecular weight is 481 g/mol. The molecule has 0 aliphatic heterocycles. The highest BCUT2D eigenvalue weighted by atomic mass is 32.1. The summed E-state index contributed by atoms with van der Waals surface area (Å²) in [7, 11) is 0. The second kappa shape index (κ2) is 10.2. The molecule has 0 bridgehead atoms. The van der Waals surface area contributed by atoms with Crippen molar-refractivity contribution in [2.75, 3.05) is 11.9 Å². The van der Waals surface area contributed by atoms with Crippen molar-refractivity contribution >= 4 is 39.8 Å². The number of thiophene rings is 1. The number of aromatic nitrogens is 1. The second-order valence-corrected chi connectivity index (χ2v) is 8.53. The van der Waals surface area contributed by atoms with Crippen LogP contribution in [0.2, 0.25) is 0 Å². The lowest BCUT2D eigenvalue weighted by Crippen LogP contribution is -2.21. The third-order valence-electron chi connectivity index (χ3n) is 5.18. The van der Waals surface area contributed by atoms with Gasteiger partial charge in [-0.25, -0.2) is 9.78 Å². The third kappa shape index (κ3) is 5.20. The van der Waals surface area contributed by atoms with Gasteiger partial charge in [0.2, 0.25) is 0 Å². The van der Waals surface area contributed by atoms with Gasteiger partial charge >= 0.3 is 5.97 Å². The molecule has 2 heterocycles. The topological polar surface area (TPSA) is 77.5 Å². The summed E-state index contributed by atoms with van der Waals surface area (Å²) in [5.74, 6) is 0.0653. The molecule has 0 saturated heterocycles. The van der Waals surface area contributed by atoms with Crippen molar-refractivity contribution in [1.82, 2.24) is 4.98 Å². The summed E-state index contributed by atoms with van der Waals surface area (Å²) >= 11 is 1.54. The lowest BCUT2D eigenvalue weighted by Gasteiger charge is -2.13. The highest BCUT2D eigenvalue weighted by molar-refractivity contribution is 7.13. The number of carbonyl (C=O) groups excluding carboxylic acids is 2. The average Bonchev–Trinajstić information content (AvgIpc) is 3.44. The molecule has 5 rings (SSSR count). The Balaban J connectivity index is 1.30. The van der Waals surface area contributed by atoms with Crippen LogP contribution in [0.25, 0.3) is 21.5 Å². The molecule has 1 N–H and O–H groups in total. The van der Waals surface area contributed by atoms with Crippen LogP contribution < -0.4 is 10.1 Å². The lowest BCUT2D eigenvalue weighted by molar-refractivity contribution is -0.119. The maximum atomic E-state index is 13.0. The second-order valence-electron chi connectivity index (χ2n) is 7.59. The highest BCUT2D eigenvalue weighted by Gasteiger charge is 2.17. The molecule has 0 aliphatic rings. The van der Waals surface area contributed by atoms with Crippen LogP contribution >= 0.6 is 11.3 Å². The molecule has 2 aromatic heterocycles. The number of fused-ring (bicyclic) bond motifs is 1. The van der Waals surface area contributed by atoms with Crippen molar-refractivity contribution in [2.45, 2.75) is 0 Å². The summed E-state index contributed by atoms with van der Waals surface area (Å²) in [5, 5.41) is 5.38. The van der Waals surface area contributed by atoms with Crippen LogP contribution in [-0.4, -0.2) is 23.5 Å². The number of esters is 1. The molecule has 0 saturated carbocycles. The SMILES string of the molecule is O=C(COC(=O)c1cc(-c2cccs2)nc2ccccc12)Nc1ccccc1Oc1ccccc1. The number of nitrogens with zero attached hydrogens (tertiary/aromatic N) is 1. The number of hydrogen-bond acceptors (Lipinski definition) is 6. The Morgan fingerprint density at radius 3 is 2.46 bits per heavy atom. The number of anilines is 1. The number of nitrogens with one attached hydrogen (secondary N) is 1. The zero-order chi connectivity index (χ0) is 24.0. The van der Waals surface area contributed by atoms with Crippen LogP contribution in [0, 0.1) is 0 Å². The van der Waals surface area contributed by atoms with Crippen molar-refractivity contribution in [3.05, 3.63) is 108 Å². The number of pyridine rings is 1. The summed E-state index contributed by atoms with van der Waals surface area (Å²) in [5.41, 5.74) is 2.20. The zero-order valence-corrected chi connectivity index (χ0v) is 19.3. The molecule has 0 unspecified atom stereocenters. The van der Waals surface area contributed by atoms with Crippen LogP contribution in [0.15, 0.2) is 102 Å². The van der Waals surface area contributed by atoms with Gasteiger partial charge in [0.1, 0.15) is 5.75 Å². The first-order valence-corrected chi connectivity index (χ1v) is 11.8. The van der Waals surface area contributed by atoms with Crippen molar-refractivity contribution in [2.24, 2.45) is 0 Å². The van der Waals surface area contributed by atoms with Gasteiger partial charge in [0.05, 0.1) is 27.3 Å². The summed E-state index contributed by atoms with van der Waals surface area (Å²) in [6, 6.07) is 29.3. The first kappa shape index (κ1) is 22.3. The van der Waals surface area contributed by atoms with Crippen LogP contribution in [0.1, 0.15) is 10.4 Å². The largest absolute Gasteiger partial charge is 0.455 e. The normalized spacial score (nSPS) is 10.6. The Morgan fingerprint density at radius 2 is 1.63 bits per heavy atom. The van der Waals surface area contributed by atoms with E-state index in [0.29, 0.717) is 39.3 Å². The fraction of sp³-hybridized carbons (Fsp3) is 0.0357. The molecule has 7 heteroatoms. The molecule has 0 spiro atoms. The minimum Gasteiger partial charge on any atom is -0.455 e. The zero-order valence-electron chi connectivity index (χ0n) is 18.5. The van der Waals surface area contributed by atoms with E-state index >= 15 is 0 Å². The molecular weight excluding hydrogens is 460 g/mol. The van der Waals surface area contributed by atoms with Crippen molar-refractivity contribution in [3.63, 3.8) is 0 Å². The molecule has 0 radical (unpaired) electrons. The van der Waals surface area contributed by atoms with Gasteiger partial charge in [-0.15, -0.1) is 11.3 Å². The van der Waals surface area contributed by atoms with Crippen LogP contribution in [0.4, 0.5) is 5.69 Å². The molecule has 0 atom stereocenters. The Morgan fingerprint density at radius 1 is 0.857 bits per heavy atom. The van der Waals surface area contributed by atoms with Gasteiger partial charge in [-0.05, 0) is 47.8 Å². The maximum Gasteiger partial charge on any atom is 0.339 e. The summed E-state index contributed by atoms with van der Waals surface area (Å²) in [4.78, 5) is 31.2. The van der Waals surface area contributed by atoms with E-state index in [1.165, 1.54) is 11.3 Å². The van der Waals surface area contributed by atoms with Gasteiger partial charge < -0.3 is 14.8 Å². The molecule has 3 aromatic carbocycles. The standard InChI is InChI=1S/C28H20N2O4S/c31-27(30-23-13-6-7-14-25(23)34-19-9-2-1-3-10-19)18-33-28(32)21-17-24(26-15-8-16-35-26)29-22-12-5-4-11-20(21)22/h1-17H,18H2,(H,30,31). The molecule has 0 fully saturated rings. The van der Waals surface area contributed by atoms with Crippen molar-refractivity contribution in [1.29, 1.82) is 0 Å². The fourth-order valence-electron chi connectivity index (χ4n) is 3.56. The number of carbonyl (C=O) groups is 2. The summed E-state index contributed by atoms with van der Waals surface area (Å²) < 4.78 is 11.3. The van der Waals surface area contributed by atoms with E-state index < -0.39 is 18.5 Å². The van der Waals surface area contributed by atoms with E-state index in [9.17, 15) is 9.59 Å². The molecule has 1 amide bonds. The Kier molecular flexibility index (Phi) is 6.50. The number of amides is 1. The number of para-hydroxylation sites is 4. The third-order valence-corrected chi connectivity index (χ3v) is 6.07. The molecule has 0 aliphatic carbocycles. The molecule has 35 heavy (non-hydrogen) atoms.